The Labute approximate surface area is 121 Å². The molecule has 0 saturated carbocycles. The standard InChI is InChI=1S/C13H16N4O2S/c1-9-4-3-5-11(13(9)14)20-7-6-16-10(2)15-8-12(16)17(18)19/h3-5,8H,6-7,14H2,1-2H3. The van der Waals surface area contributed by atoms with Crippen LogP contribution in [0.1, 0.15) is 11.4 Å². The zero-order chi connectivity index (χ0) is 14.7. The molecule has 0 fully saturated rings. The van der Waals surface area contributed by atoms with E-state index in [0.717, 1.165) is 16.1 Å². The lowest BCUT2D eigenvalue weighted by atomic mass is 10.2. The highest BCUT2D eigenvalue weighted by atomic mass is 32.2. The topological polar surface area (TPSA) is 87.0 Å². The van der Waals surface area contributed by atoms with E-state index in [-0.39, 0.29) is 5.82 Å². The fraction of sp³-hybridized carbons (Fsp3) is 0.308. The van der Waals surface area contributed by atoms with E-state index in [1.807, 2.05) is 25.1 Å². The number of anilines is 1. The lowest BCUT2D eigenvalue weighted by molar-refractivity contribution is -0.392. The number of rotatable bonds is 5. The van der Waals surface area contributed by atoms with Gasteiger partial charge in [-0.15, -0.1) is 11.8 Å². The van der Waals surface area contributed by atoms with Crippen molar-refractivity contribution < 1.29 is 4.92 Å². The Morgan fingerprint density at radius 3 is 2.90 bits per heavy atom. The van der Waals surface area contributed by atoms with Crippen molar-refractivity contribution in [3.63, 3.8) is 0 Å². The van der Waals surface area contributed by atoms with Gasteiger partial charge in [0.2, 0.25) is 0 Å². The molecule has 1 heterocycles. The lowest BCUT2D eigenvalue weighted by Crippen LogP contribution is -2.07. The van der Waals surface area contributed by atoms with Crippen molar-refractivity contribution in [1.29, 1.82) is 0 Å². The van der Waals surface area contributed by atoms with Crippen LogP contribution in [0.5, 0.6) is 0 Å². The van der Waals surface area contributed by atoms with Crippen molar-refractivity contribution in [2.45, 2.75) is 25.3 Å². The van der Waals surface area contributed by atoms with Crippen LogP contribution in [0.15, 0.2) is 29.3 Å². The third kappa shape index (κ3) is 2.93. The summed E-state index contributed by atoms with van der Waals surface area (Å²) in [6.07, 6.45) is 1.29. The Bertz CT molecular complexity index is 639. The summed E-state index contributed by atoms with van der Waals surface area (Å²) in [4.78, 5) is 15.5. The number of hydrogen-bond acceptors (Lipinski definition) is 5. The molecule has 0 radical (unpaired) electrons. The average molecular weight is 292 g/mol. The summed E-state index contributed by atoms with van der Waals surface area (Å²) in [5.74, 6) is 1.38. The molecule has 0 unspecified atom stereocenters. The van der Waals surface area contributed by atoms with Crippen LogP contribution < -0.4 is 5.73 Å². The Morgan fingerprint density at radius 1 is 1.45 bits per heavy atom. The molecule has 2 N–H and O–H groups in total. The van der Waals surface area contributed by atoms with Gasteiger partial charge in [-0.1, -0.05) is 12.1 Å². The number of hydrogen-bond donors (Lipinski definition) is 1. The first-order valence-corrected chi connectivity index (χ1v) is 7.13. The van der Waals surface area contributed by atoms with E-state index in [0.29, 0.717) is 18.1 Å². The number of nitrogens with zero attached hydrogens (tertiary/aromatic N) is 3. The molecular weight excluding hydrogens is 276 g/mol. The molecule has 2 rings (SSSR count). The summed E-state index contributed by atoms with van der Waals surface area (Å²) in [6.45, 7) is 4.25. The van der Waals surface area contributed by atoms with Crippen molar-refractivity contribution in [2.75, 3.05) is 11.5 Å². The molecule has 0 amide bonds. The predicted octanol–water partition coefficient (Wildman–Crippen LogP) is 2.78. The van der Waals surface area contributed by atoms with E-state index < -0.39 is 4.92 Å². The number of aromatic nitrogens is 2. The van der Waals surface area contributed by atoms with Crippen LogP contribution in [0.4, 0.5) is 11.5 Å². The molecular formula is C13H16N4O2S. The third-order valence-electron chi connectivity index (χ3n) is 3.08. The molecule has 1 aromatic carbocycles. The molecule has 2 aromatic rings. The van der Waals surface area contributed by atoms with E-state index in [1.165, 1.54) is 6.20 Å². The number of nitrogens with two attached hydrogens (primary N) is 1. The Morgan fingerprint density at radius 2 is 2.20 bits per heavy atom. The normalized spacial score (nSPS) is 10.7. The maximum absolute atomic E-state index is 10.9. The maximum Gasteiger partial charge on any atom is 0.342 e. The van der Waals surface area contributed by atoms with E-state index >= 15 is 0 Å². The maximum atomic E-state index is 10.9. The van der Waals surface area contributed by atoms with Gasteiger partial charge in [-0.05, 0) is 23.5 Å². The summed E-state index contributed by atoms with van der Waals surface area (Å²) in [7, 11) is 0. The molecule has 0 saturated heterocycles. The largest absolute Gasteiger partial charge is 0.398 e. The zero-order valence-electron chi connectivity index (χ0n) is 11.4. The second kappa shape index (κ2) is 5.96. The smallest absolute Gasteiger partial charge is 0.342 e. The number of benzene rings is 1. The van der Waals surface area contributed by atoms with Crippen LogP contribution in [0.25, 0.3) is 0 Å². The first kappa shape index (κ1) is 14.4. The molecule has 0 aliphatic carbocycles. The molecule has 1 aromatic heterocycles. The van der Waals surface area contributed by atoms with Gasteiger partial charge in [-0.25, -0.2) is 9.55 Å². The molecule has 0 bridgehead atoms. The molecule has 0 aliphatic rings. The highest BCUT2D eigenvalue weighted by Gasteiger charge is 2.16. The predicted molar refractivity (Wildman–Crippen MR) is 79.9 cm³/mol. The Balaban J connectivity index is 2.05. The van der Waals surface area contributed by atoms with Gasteiger partial charge >= 0.3 is 5.82 Å². The summed E-state index contributed by atoms with van der Waals surface area (Å²) in [6, 6.07) is 5.88. The van der Waals surface area contributed by atoms with Crippen molar-refractivity contribution >= 4 is 23.3 Å². The molecule has 0 aliphatic heterocycles. The number of nitro groups is 1. The minimum atomic E-state index is -0.411. The number of aryl methyl sites for hydroxylation is 2. The first-order valence-electron chi connectivity index (χ1n) is 6.15. The minimum absolute atomic E-state index is 0.0281. The molecule has 0 atom stereocenters. The van der Waals surface area contributed by atoms with Crippen LogP contribution in [0.3, 0.4) is 0 Å². The molecule has 6 nitrogen and oxygen atoms in total. The van der Waals surface area contributed by atoms with Crippen molar-refractivity contribution in [1.82, 2.24) is 9.55 Å². The Kier molecular flexibility index (Phi) is 4.29. The molecule has 0 spiro atoms. The van der Waals surface area contributed by atoms with Crippen molar-refractivity contribution in [3.8, 4) is 0 Å². The molecule has 7 heteroatoms. The van der Waals surface area contributed by atoms with E-state index in [1.54, 1.807) is 23.3 Å². The van der Waals surface area contributed by atoms with Gasteiger partial charge in [0, 0.05) is 23.3 Å². The van der Waals surface area contributed by atoms with Gasteiger partial charge in [0.1, 0.15) is 12.7 Å². The van der Waals surface area contributed by atoms with Crippen LogP contribution in [-0.4, -0.2) is 20.2 Å². The highest BCUT2D eigenvalue weighted by Crippen LogP contribution is 2.28. The average Bonchev–Trinajstić information content (AvgIpc) is 2.76. The van der Waals surface area contributed by atoms with Gasteiger partial charge in [-0.3, -0.25) is 0 Å². The van der Waals surface area contributed by atoms with E-state index in [4.69, 9.17) is 5.73 Å². The van der Waals surface area contributed by atoms with Crippen LogP contribution in [0.2, 0.25) is 0 Å². The monoisotopic (exact) mass is 292 g/mol. The summed E-state index contributed by atoms with van der Waals surface area (Å²) < 4.78 is 1.61. The van der Waals surface area contributed by atoms with Gasteiger partial charge in [-0.2, -0.15) is 0 Å². The number of nitrogen functional groups attached to an aromatic ring is 1. The lowest BCUT2D eigenvalue weighted by Gasteiger charge is -2.07. The first-order chi connectivity index (χ1) is 9.50. The number of para-hydroxylation sites is 1. The molecule has 20 heavy (non-hydrogen) atoms. The van der Waals surface area contributed by atoms with Crippen LogP contribution >= 0.6 is 11.8 Å². The number of thioether (sulfide) groups is 1. The zero-order valence-corrected chi connectivity index (χ0v) is 12.2. The van der Waals surface area contributed by atoms with E-state index in [9.17, 15) is 10.1 Å². The van der Waals surface area contributed by atoms with Gasteiger partial charge in [0.15, 0.2) is 5.82 Å². The van der Waals surface area contributed by atoms with E-state index in [2.05, 4.69) is 4.98 Å². The summed E-state index contributed by atoms with van der Waals surface area (Å²) in [5, 5.41) is 10.9. The third-order valence-corrected chi connectivity index (χ3v) is 4.13. The minimum Gasteiger partial charge on any atom is -0.398 e. The second-order valence-corrected chi connectivity index (χ2v) is 5.54. The highest BCUT2D eigenvalue weighted by molar-refractivity contribution is 7.99. The second-order valence-electron chi connectivity index (χ2n) is 4.41. The number of imidazole rings is 1. The summed E-state index contributed by atoms with van der Waals surface area (Å²) >= 11 is 1.59. The summed E-state index contributed by atoms with van der Waals surface area (Å²) in [5.41, 5.74) is 7.82. The fourth-order valence-corrected chi connectivity index (χ4v) is 2.89. The SMILES string of the molecule is Cc1cccc(SCCn2c([N+](=O)[O-])cnc2C)c1N. The van der Waals surface area contributed by atoms with Gasteiger partial charge in [0.25, 0.3) is 0 Å². The van der Waals surface area contributed by atoms with Gasteiger partial charge in [0.05, 0.1) is 0 Å². The van der Waals surface area contributed by atoms with Crippen molar-refractivity contribution in [2.24, 2.45) is 0 Å². The fourth-order valence-electron chi connectivity index (χ4n) is 1.90. The van der Waals surface area contributed by atoms with Crippen LogP contribution in [0, 0.1) is 24.0 Å². The molecule has 106 valence electrons. The quantitative estimate of drug-likeness (QED) is 0.396. The van der Waals surface area contributed by atoms with Gasteiger partial charge < -0.3 is 15.8 Å². The Hall–Kier alpha value is -2.02. The van der Waals surface area contributed by atoms with Crippen LogP contribution in [-0.2, 0) is 6.54 Å². The van der Waals surface area contributed by atoms with Crippen molar-refractivity contribution in [3.05, 3.63) is 45.9 Å².